The van der Waals surface area contributed by atoms with E-state index >= 15 is 0 Å². The first-order valence-corrected chi connectivity index (χ1v) is 7.13. The highest BCUT2D eigenvalue weighted by Crippen LogP contribution is 2.41. The van der Waals surface area contributed by atoms with Crippen LogP contribution in [0.5, 0.6) is 0 Å². The molecule has 2 bridgehead atoms. The van der Waals surface area contributed by atoms with E-state index in [1.165, 1.54) is 12.1 Å². The Hall–Kier alpha value is -1.27. The zero-order chi connectivity index (χ0) is 14.4. The van der Waals surface area contributed by atoms with Crippen molar-refractivity contribution in [3.63, 3.8) is 0 Å². The Morgan fingerprint density at radius 1 is 1.20 bits per heavy atom. The first-order chi connectivity index (χ1) is 9.47. The Bertz CT molecular complexity index is 529. The number of anilines is 1. The third kappa shape index (κ3) is 2.16. The number of hydrogen-bond donors (Lipinski definition) is 2. The minimum atomic E-state index is -0.638. The lowest BCUT2D eigenvalue weighted by Gasteiger charge is -2.39. The number of thiocarbonyl (C=S) groups is 1. The smallest absolute Gasteiger partial charge is 0.150 e. The second-order valence-electron chi connectivity index (χ2n) is 5.57. The highest BCUT2D eigenvalue weighted by Gasteiger charge is 2.42. The van der Waals surface area contributed by atoms with Gasteiger partial charge >= 0.3 is 0 Å². The Morgan fingerprint density at radius 2 is 1.70 bits per heavy atom. The van der Waals surface area contributed by atoms with Gasteiger partial charge < -0.3 is 15.7 Å². The maximum atomic E-state index is 14.3. The van der Waals surface area contributed by atoms with Crippen molar-refractivity contribution >= 4 is 22.9 Å². The normalized spacial score (nSPS) is 28.8. The third-order valence-electron chi connectivity index (χ3n) is 4.27. The highest BCUT2D eigenvalue weighted by atomic mass is 32.1. The van der Waals surface area contributed by atoms with E-state index in [1.54, 1.807) is 4.90 Å². The van der Waals surface area contributed by atoms with Gasteiger partial charge in [-0.3, -0.25) is 0 Å². The number of aliphatic hydroxyl groups excluding tert-OH is 1. The zero-order valence-electron chi connectivity index (χ0n) is 10.9. The van der Waals surface area contributed by atoms with Gasteiger partial charge in [0, 0.05) is 17.6 Å². The third-order valence-corrected chi connectivity index (χ3v) is 4.50. The van der Waals surface area contributed by atoms with Crippen LogP contribution in [0.25, 0.3) is 0 Å². The van der Waals surface area contributed by atoms with Gasteiger partial charge in [0.2, 0.25) is 0 Å². The summed E-state index contributed by atoms with van der Waals surface area (Å²) in [4.78, 5) is 1.77. The van der Waals surface area contributed by atoms with Gasteiger partial charge in [-0.25, -0.2) is 8.78 Å². The van der Waals surface area contributed by atoms with Crippen molar-refractivity contribution in [3.8, 4) is 0 Å². The van der Waals surface area contributed by atoms with Gasteiger partial charge in [0.05, 0.1) is 6.10 Å². The molecule has 0 radical (unpaired) electrons. The van der Waals surface area contributed by atoms with Crippen LogP contribution in [0.3, 0.4) is 0 Å². The molecule has 6 heteroatoms. The van der Waals surface area contributed by atoms with Crippen LogP contribution >= 0.6 is 12.2 Å². The second-order valence-corrected chi connectivity index (χ2v) is 6.01. The molecule has 0 aliphatic carbocycles. The number of hydrogen-bond acceptors (Lipinski definition) is 3. The minimum absolute atomic E-state index is 0.00317. The number of fused-ring (bicyclic) bond motifs is 2. The average Bonchev–Trinajstić information content (AvgIpc) is 2.62. The van der Waals surface area contributed by atoms with Crippen molar-refractivity contribution in [2.24, 2.45) is 5.73 Å². The van der Waals surface area contributed by atoms with Crippen LogP contribution in [-0.2, 0) is 0 Å². The average molecular weight is 298 g/mol. The SMILES string of the molecule is NC(=S)c1cc(F)c(N2C3CCC2CC(O)C3)c(F)c1. The largest absolute Gasteiger partial charge is 0.393 e. The standard InChI is InChI=1S/C14H16F2N2OS/c15-11-3-7(14(17)20)4-12(16)13(11)18-8-1-2-9(18)6-10(19)5-8/h3-4,8-10,19H,1-2,5-6H2,(H2,17,20). The predicted molar refractivity (Wildman–Crippen MR) is 76.8 cm³/mol. The monoisotopic (exact) mass is 298 g/mol. The number of piperidine rings is 1. The molecule has 3 N–H and O–H groups in total. The zero-order valence-corrected chi connectivity index (χ0v) is 11.7. The number of halogens is 2. The fraction of sp³-hybridized carbons (Fsp3) is 0.500. The summed E-state index contributed by atoms with van der Waals surface area (Å²) >= 11 is 4.75. The molecule has 1 aromatic rings. The van der Waals surface area contributed by atoms with Crippen LogP contribution in [0.2, 0.25) is 0 Å². The van der Waals surface area contributed by atoms with Gasteiger partial charge in [-0.1, -0.05) is 12.2 Å². The van der Waals surface area contributed by atoms with Crippen LogP contribution in [-0.4, -0.2) is 28.3 Å². The van der Waals surface area contributed by atoms with E-state index < -0.39 is 11.6 Å². The highest BCUT2D eigenvalue weighted by molar-refractivity contribution is 7.80. The molecule has 2 aliphatic rings. The number of aliphatic hydroxyl groups is 1. The maximum absolute atomic E-state index is 14.3. The van der Waals surface area contributed by atoms with Crippen LogP contribution in [0, 0.1) is 11.6 Å². The summed E-state index contributed by atoms with van der Waals surface area (Å²) in [6.45, 7) is 0. The van der Waals surface area contributed by atoms with Crippen LogP contribution < -0.4 is 10.6 Å². The first kappa shape index (κ1) is 13.7. The summed E-state index contributed by atoms with van der Waals surface area (Å²) in [6, 6.07) is 2.38. The first-order valence-electron chi connectivity index (χ1n) is 6.72. The number of rotatable bonds is 2. The van der Waals surface area contributed by atoms with Gasteiger partial charge in [0.1, 0.15) is 22.3 Å². The quantitative estimate of drug-likeness (QED) is 0.821. The van der Waals surface area contributed by atoms with E-state index in [4.69, 9.17) is 18.0 Å². The van der Waals surface area contributed by atoms with Crippen LogP contribution in [0.4, 0.5) is 14.5 Å². The Labute approximate surface area is 121 Å². The number of nitrogens with zero attached hydrogens (tertiary/aromatic N) is 1. The molecular weight excluding hydrogens is 282 g/mol. The van der Waals surface area contributed by atoms with Gasteiger partial charge in [0.25, 0.3) is 0 Å². The van der Waals surface area contributed by atoms with Gasteiger partial charge in [-0.15, -0.1) is 0 Å². The minimum Gasteiger partial charge on any atom is -0.393 e. The fourth-order valence-electron chi connectivity index (χ4n) is 3.47. The molecule has 108 valence electrons. The summed E-state index contributed by atoms with van der Waals surface area (Å²) in [5.41, 5.74) is 5.60. The Balaban J connectivity index is 2.01. The molecule has 1 aromatic carbocycles. The van der Waals surface area contributed by atoms with E-state index in [-0.39, 0.29) is 34.4 Å². The molecule has 0 spiro atoms. The van der Waals surface area contributed by atoms with E-state index in [1.807, 2.05) is 0 Å². The van der Waals surface area contributed by atoms with Crippen molar-refractivity contribution in [2.75, 3.05) is 4.90 Å². The molecule has 2 fully saturated rings. The molecule has 3 rings (SSSR count). The van der Waals surface area contributed by atoms with E-state index in [0.29, 0.717) is 12.8 Å². The maximum Gasteiger partial charge on any atom is 0.150 e. The summed E-state index contributed by atoms with van der Waals surface area (Å²) in [5, 5.41) is 9.76. The van der Waals surface area contributed by atoms with Gasteiger partial charge in [0.15, 0.2) is 0 Å². The molecule has 2 aliphatic heterocycles. The van der Waals surface area contributed by atoms with E-state index in [0.717, 1.165) is 12.8 Å². The van der Waals surface area contributed by atoms with Gasteiger partial charge in [-0.05, 0) is 37.8 Å². The van der Waals surface area contributed by atoms with Crippen molar-refractivity contribution in [3.05, 3.63) is 29.3 Å². The molecule has 0 amide bonds. The molecule has 2 atom stereocenters. The van der Waals surface area contributed by atoms with Crippen molar-refractivity contribution in [1.82, 2.24) is 0 Å². The molecule has 0 saturated carbocycles. The number of benzene rings is 1. The molecule has 3 nitrogen and oxygen atoms in total. The predicted octanol–water partition coefficient (Wildman–Crippen LogP) is 2.09. The second kappa shape index (κ2) is 4.93. The van der Waals surface area contributed by atoms with E-state index in [2.05, 4.69) is 0 Å². The topological polar surface area (TPSA) is 49.5 Å². The van der Waals surface area contributed by atoms with E-state index in [9.17, 15) is 13.9 Å². The van der Waals surface area contributed by atoms with Crippen molar-refractivity contribution in [1.29, 1.82) is 0 Å². The fourth-order valence-corrected chi connectivity index (χ4v) is 3.59. The molecule has 2 unspecified atom stereocenters. The van der Waals surface area contributed by atoms with Crippen LogP contribution in [0.1, 0.15) is 31.2 Å². The molecule has 2 heterocycles. The van der Waals surface area contributed by atoms with Crippen LogP contribution in [0.15, 0.2) is 12.1 Å². The lowest BCUT2D eigenvalue weighted by atomic mass is 9.98. The summed E-state index contributed by atoms with van der Waals surface area (Å²) in [7, 11) is 0. The molecule has 0 aromatic heterocycles. The molecular formula is C14H16F2N2OS. The summed E-state index contributed by atoms with van der Waals surface area (Å²) in [5.74, 6) is -1.28. The Kier molecular flexibility index (Phi) is 3.38. The lowest BCUT2D eigenvalue weighted by Crippen LogP contribution is -2.45. The van der Waals surface area contributed by atoms with Crippen molar-refractivity contribution < 1.29 is 13.9 Å². The number of nitrogens with two attached hydrogens (primary N) is 1. The van der Waals surface area contributed by atoms with Gasteiger partial charge in [-0.2, -0.15) is 0 Å². The summed E-state index contributed by atoms with van der Waals surface area (Å²) < 4.78 is 28.5. The molecule has 2 saturated heterocycles. The van der Waals surface area contributed by atoms with Crippen molar-refractivity contribution in [2.45, 2.75) is 43.9 Å². The lowest BCUT2D eigenvalue weighted by molar-refractivity contribution is 0.125. The summed E-state index contributed by atoms with van der Waals surface area (Å²) in [6.07, 6.45) is 2.47. The Morgan fingerprint density at radius 3 is 2.15 bits per heavy atom. The molecule has 20 heavy (non-hydrogen) atoms.